The number of carbonyl (C=O) groups is 2. The highest BCUT2D eigenvalue weighted by Crippen LogP contribution is 2.20. The lowest BCUT2D eigenvalue weighted by atomic mass is 10.0. The number of hydrogen-bond acceptors (Lipinski definition) is 4. The summed E-state index contributed by atoms with van der Waals surface area (Å²) in [7, 11) is 1.32. The molecule has 2 aromatic rings. The molecular formula is C16H17NO3S. The molecule has 1 aromatic heterocycles. The molecule has 0 aliphatic carbocycles. The molecular weight excluding hydrogens is 286 g/mol. The van der Waals surface area contributed by atoms with Crippen LogP contribution in [0, 0.1) is 0 Å². The molecule has 0 bridgehead atoms. The molecule has 0 saturated carbocycles. The molecule has 1 amide bonds. The second-order valence-electron chi connectivity index (χ2n) is 4.89. The molecule has 4 nitrogen and oxygen atoms in total. The van der Waals surface area contributed by atoms with Gasteiger partial charge < -0.3 is 10.1 Å². The zero-order chi connectivity index (χ0) is 15.4. The first-order valence-corrected chi connectivity index (χ1v) is 7.42. The molecule has 0 fully saturated rings. The summed E-state index contributed by atoms with van der Waals surface area (Å²) in [5.74, 6) is -0.206. The molecule has 5 heteroatoms. The van der Waals surface area contributed by atoms with Crippen molar-refractivity contribution in [2.45, 2.75) is 19.8 Å². The number of thiophene rings is 1. The minimum atomic E-state index is -0.430. The molecule has 0 aliphatic rings. The second kappa shape index (κ2) is 6.54. The summed E-state index contributed by atoms with van der Waals surface area (Å²) in [6, 6.07) is 11.0. The third-order valence-electron chi connectivity index (χ3n) is 3.05. The van der Waals surface area contributed by atoms with E-state index < -0.39 is 5.97 Å². The van der Waals surface area contributed by atoms with E-state index in [1.165, 1.54) is 12.7 Å². The second-order valence-corrected chi connectivity index (χ2v) is 5.97. The number of esters is 1. The van der Waals surface area contributed by atoms with Crippen LogP contribution in [0.4, 0.5) is 5.69 Å². The van der Waals surface area contributed by atoms with Crippen molar-refractivity contribution in [1.82, 2.24) is 0 Å². The van der Waals surface area contributed by atoms with Gasteiger partial charge in [-0.05, 0) is 35.7 Å². The summed E-state index contributed by atoms with van der Waals surface area (Å²) in [6.45, 7) is 4.24. The number of anilines is 1. The lowest BCUT2D eigenvalue weighted by Crippen LogP contribution is -2.10. The van der Waals surface area contributed by atoms with Crippen molar-refractivity contribution in [2.75, 3.05) is 12.4 Å². The van der Waals surface area contributed by atoms with E-state index in [9.17, 15) is 9.59 Å². The third-order valence-corrected chi connectivity index (χ3v) is 4.12. The van der Waals surface area contributed by atoms with Gasteiger partial charge in [-0.15, -0.1) is 11.3 Å². The SMILES string of the molecule is COC(=O)c1ccc(C(=O)Nc2ccc(C(C)C)cc2)s1. The minimum absolute atomic E-state index is 0.229. The summed E-state index contributed by atoms with van der Waals surface area (Å²) >= 11 is 1.11. The van der Waals surface area contributed by atoms with Gasteiger partial charge in [0.1, 0.15) is 4.88 Å². The van der Waals surface area contributed by atoms with Crippen molar-refractivity contribution in [3.63, 3.8) is 0 Å². The van der Waals surface area contributed by atoms with E-state index in [1.54, 1.807) is 12.1 Å². The van der Waals surface area contributed by atoms with E-state index in [2.05, 4.69) is 23.9 Å². The first-order chi connectivity index (χ1) is 10.0. The predicted octanol–water partition coefficient (Wildman–Crippen LogP) is 3.91. The monoisotopic (exact) mass is 303 g/mol. The summed E-state index contributed by atoms with van der Waals surface area (Å²) in [5, 5.41) is 2.81. The predicted molar refractivity (Wildman–Crippen MR) is 84.1 cm³/mol. The van der Waals surface area contributed by atoms with Gasteiger partial charge in [0.05, 0.1) is 12.0 Å². The highest BCUT2D eigenvalue weighted by molar-refractivity contribution is 7.16. The van der Waals surface area contributed by atoms with Crippen molar-refractivity contribution >= 4 is 28.9 Å². The Morgan fingerprint density at radius 3 is 2.24 bits per heavy atom. The van der Waals surface area contributed by atoms with Gasteiger partial charge in [-0.25, -0.2) is 4.79 Å². The lowest BCUT2D eigenvalue weighted by Gasteiger charge is -2.07. The zero-order valence-corrected chi connectivity index (χ0v) is 13.0. The fourth-order valence-electron chi connectivity index (χ4n) is 1.81. The van der Waals surface area contributed by atoms with Crippen molar-refractivity contribution in [1.29, 1.82) is 0 Å². The normalized spacial score (nSPS) is 10.5. The highest BCUT2D eigenvalue weighted by Gasteiger charge is 2.14. The molecule has 1 N–H and O–H groups in total. The van der Waals surface area contributed by atoms with Crippen LogP contribution in [0.15, 0.2) is 36.4 Å². The third kappa shape index (κ3) is 3.70. The number of benzene rings is 1. The Balaban J connectivity index is 2.07. The highest BCUT2D eigenvalue weighted by atomic mass is 32.1. The molecule has 0 aliphatic heterocycles. The van der Waals surface area contributed by atoms with Crippen molar-refractivity contribution in [3.05, 3.63) is 51.7 Å². The lowest BCUT2D eigenvalue weighted by molar-refractivity contribution is 0.0606. The smallest absolute Gasteiger partial charge is 0.348 e. The largest absolute Gasteiger partial charge is 0.465 e. The average Bonchev–Trinajstić information content (AvgIpc) is 2.97. The molecule has 0 spiro atoms. The van der Waals surface area contributed by atoms with Gasteiger partial charge >= 0.3 is 5.97 Å². The van der Waals surface area contributed by atoms with Crippen LogP contribution in [0.3, 0.4) is 0 Å². The number of amides is 1. The fraction of sp³-hybridized carbons (Fsp3) is 0.250. The standard InChI is InChI=1S/C16H17NO3S/c1-10(2)11-4-6-12(7-5-11)17-15(18)13-8-9-14(21-13)16(19)20-3/h4-10H,1-3H3,(H,17,18). The average molecular weight is 303 g/mol. The Hall–Kier alpha value is -2.14. The molecule has 1 heterocycles. The van der Waals surface area contributed by atoms with Crippen LogP contribution in [-0.4, -0.2) is 19.0 Å². The summed E-state index contributed by atoms with van der Waals surface area (Å²) in [4.78, 5) is 24.4. The van der Waals surface area contributed by atoms with Gasteiger partial charge in [0.25, 0.3) is 5.91 Å². The van der Waals surface area contributed by atoms with Gasteiger partial charge in [-0.1, -0.05) is 26.0 Å². The van der Waals surface area contributed by atoms with E-state index in [1.807, 2.05) is 24.3 Å². The first kappa shape index (κ1) is 15.3. The van der Waals surface area contributed by atoms with E-state index in [0.717, 1.165) is 17.0 Å². The molecule has 1 aromatic carbocycles. The van der Waals surface area contributed by atoms with Crippen molar-refractivity contribution < 1.29 is 14.3 Å². The number of hydrogen-bond donors (Lipinski definition) is 1. The quantitative estimate of drug-likeness (QED) is 0.871. The topological polar surface area (TPSA) is 55.4 Å². The van der Waals surface area contributed by atoms with Crippen molar-refractivity contribution in [2.24, 2.45) is 0 Å². The van der Waals surface area contributed by atoms with Crippen LogP contribution < -0.4 is 5.32 Å². The van der Waals surface area contributed by atoms with Gasteiger partial charge in [0.2, 0.25) is 0 Å². The molecule has 2 rings (SSSR count). The van der Waals surface area contributed by atoms with Crippen LogP contribution in [0.1, 0.15) is 44.7 Å². The number of nitrogens with one attached hydrogen (secondary N) is 1. The Kier molecular flexibility index (Phi) is 4.75. The van der Waals surface area contributed by atoms with Crippen LogP contribution >= 0.6 is 11.3 Å². The van der Waals surface area contributed by atoms with Crippen molar-refractivity contribution in [3.8, 4) is 0 Å². The van der Waals surface area contributed by atoms with E-state index in [0.29, 0.717) is 15.7 Å². The van der Waals surface area contributed by atoms with E-state index in [4.69, 9.17) is 0 Å². The number of carbonyl (C=O) groups excluding carboxylic acids is 2. The molecule has 0 unspecified atom stereocenters. The Bertz CT molecular complexity index is 644. The first-order valence-electron chi connectivity index (χ1n) is 6.60. The van der Waals surface area contributed by atoms with Crippen LogP contribution in [0.2, 0.25) is 0 Å². The van der Waals surface area contributed by atoms with E-state index >= 15 is 0 Å². The molecule has 0 saturated heterocycles. The maximum absolute atomic E-state index is 12.1. The molecule has 21 heavy (non-hydrogen) atoms. The van der Waals surface area contributed by atoms with Crippen LogP contribution in [0.25, 0.3) is 0 Å². The van der Waals surface area contributed by atoms with Gasteiger partial charge in [-0.2, -0.15) is 0 Å². The summed E-state index contributed by atoms with van der Waals surface area (Å²) < 4.78 is 4.62. The Morgan fingerprint density at radius 2 is 1.67 bits per heavy atom. The zero-order valence-electron chi connectivity index (χ0n) is 12.2. The Morgan fingerprint density at radius 1 is 1.05 bits per heavy atom. The number of ether oxygens (including phenoxy) is 1. The molecule has 0 radical (unpaired) electrons. The van der Waals surface area contributed by atoms with Gasteiger partial charge in [0.15, 0.2) is 0 Å². The minimum Gasteiger partial charge on any atom is -0.465 e. The Labute approximate surface area is 127 Å². The van der Waals surface area contributed by atoms with Gasteiger partial charge in [-0.3, -0.25) is 4.79 Å². The maximum Gasteiger partial charge on any atom is 0.348 e. The van der Waals surface area contributed by atoms with Crippen LogP contribution in [0.5, 0.6) is 0 Å². The maximum atomic E-state index is 12.1. The number of rotatable bonds is 4. The van der Waals surface area contributed by atoms with Crippen LogP contribution in [-0.2, 0) is 4.74 Å². The van der Waals surface area contributed by atoms with Gasteiger partial charge in [0, 0.05) is 5.69 Å². The fourth-order valence-corrected chi connectivity index (χ4v) is 2.63. The summed E-state index contributed by atoms with van der Waals surface area (Å²) in [6.07, 6.45) is 0. The number of methoxy groups -OCH3 is 1. The van der Waals surface area contributed by atoms with E-state index in [-0.39, 0.29) is 5.91 Å². The summed E-state index contributed by atoms with van der Waals surface area (Å²) in [5.41, 5.74) is 1.95. The molecule has 0 atom stereocenters. The molecule has 110 valence electrons.